The molecule has 1 aromatic carbocycles. The zero-order chi connectivity index (χ0) is 10.9. The average molecular weight is 223 g/mol. The Kier molecular flexibility index (Phi) is 2.55. The second kappa shape index (κ2) is 3.72. The molecular formula is C12H11ClO2. The van der Waals surface area contributed by atoms with Gasteiger partial charge < -0.3 is 10.2 Å². The van der Waals surface area contributed by atoms with E-state index in [1.165, 1.54) is 12.2 Å². The van der Waals surface area contributed by atoms with Crippen molar-refractivity contribution in [1.82, 2.24) is 0 Å². The first-order valence-electron chi connectivity index (χ1n) is 4.66. The van der Waals surface area contributed by atoms with Crippen LogP contribution in [0.2, 0.25) is 0 Å². The molecule has 0 bridgehead atoms. The number of hydrogen-bond donors (Lipinski definition) is 2. The lowest BCUT2D eigenvalue weighted by Gasteiger charge is -2.23. The predicted molar refractivity (Wildman–Crippen MR) is 60.6 cm³/mol. The van der Waals surface area contributed by atoms with Crippen molar-refractivity contribution in [2.24, 2.45) is 0 Å². The van der Waals surface area contributed by atoms with Gasteiger partial charge >= 0.3 is 0 Å². The SMILES string of the molecule is OC1=C(c2ccccc2)CC(O)(Cl)C=C1. The Morgan fingerprint density at radius 1 is 1.20 bits per heavy atom. The number of aliphatic hydroxyl groups excluding tert-OH is 1. The van der Waals surface area contributed by atoms with E-state index in [1.807, 2.05) is 30.3 Å². The number of allylic oxidation sites excluding steroid dienone is 1. The van der Waals surface area contributed by atoms with E-state index in [2.05, 4.69) is 0 Å². The molecule has 0 saturated heterocycles. The molecule has 15 heavy (non-hydrogen) atoms. The van der Waals surface area contributed by atoms with E-state index in [4.69, 9.17) is 11.6 Å². The molecule has 0 heterocycles. The van der Waals surface area contributed by atoms with E-state index in [-0.39, 0.29) is 12.2 Å². The van der Waals surface area contributed by atoms with E-state index in [0.29, 0.717) is 5.57 Å². The Morgan fingerprint density at radius 2 is 1.87 bits per heavy atom. The third-order valence-corrected chi connectivity index (χ3v) is 2.61. The molecule has 1 unspecified atom stereocenters. The first-order valence-corrected chi connectivity index (χ1v) is 5.04. The Bertz CT molecular complexity index is 419. The molecule has 0 radical (unpaired) electrons. The lowest BCUT2D eigenvalue weighted by molar-refractivity contribution is 0.181. The van der Waals surface area contributed by atoms with Crippen molar-refractivity contribution in [3.8, 4) is 0 Å². The van der Waals surface area contributed by atoms with E-state index in [0.717, 1.165) is 5.56 Å². The number of benzene rings is 1. The van der Waals surface area contributed by atoms with Crippen molar-refractivity contribution >= 4 is 17.2 Å². The third kappa shape index (κ3) is 2.22. The molecule has 1 aliphatic rings. The topological polar surface area (TPSA) is 40.5 Å². The molecule has 0 spiro atoms. The second-order valence-corrected chi connectivity index (χ2v) is 4.21. The smallest absolute Gasteiger partial charge is 0.161 e. The quantitative estimate of drug-likeness (QED) is 0.718. The van der Waals surface area contributed by atoms with Crippen molar-refractivity contribution in [3.05, 3.63) is 53.8 Å². The van der Waals surface area contributed by atoms with Crippen LogP contribution in [-0.2, 0) is 0 Å². The maximum absolute atomic E-state index is 9.68. The molecule has 1 aromatic rings. The standard InChI is InChI=1S/C12H11ClO2/c13-12(15)7-6-11(14)10(8-12)9-4-2-1-3-5-9/h1-7,14-15H,8H2. The van der Waals surface area contributed by atoms with Gasteiger partial charge in [-0.3, -0.25) is 0 Å². The fourth-order valence-corrected chi connectivity index (χ4v) is 1.79. The van der Waals surface area contributed by atoms with Crippen LogP contribution in [0.5, 0.6) is 0 Å². The summed E-state index contributed by atoms with van der Waals surface area (Å²) in [6.07, 6.45) is 3.02. The van der Waals surface area contributed by atoms with E-state index in [1.54, 1.807) is 0 Å². The van der Waals surface area contributed by atoms with Crippen LogP contribution < -0.4 is 0 Å². The zero-order valence-corrected chi connectivity index (χ0v) is 8.78. The second-order valence-electron chi connectivity index (χ2n) is 3.56. The lowest BCUT2D eigenvalue weighted by atomic mass is 9.94. The van der Waals surface area contributed by atoms with Gasteiger partial charge in [-0.2, -0.15) is 0 Å². The third-order valence-electron chi connectivity index (χ3n) is 2.35. The Balaban J connectivity index is 2.41. The van der Waals surface area contributed by atoms with Gasteiger partial charge in [-0.05, 0) is 17.7 Å². The largest absolute Gasteiger partial charge is 0.508 e. The molecule has 2 nitrogen and oxygen atoms in total. The summed E-state index contributed by atoms with van der Waals surface area (Å²) in [4.78, 5) is 0. The number of aliphatic hydroxyl groups is 2. The highest BCUT2D eigenvalue weighted by atomic mass is 35.5. The van der Waals surface area contributed by atoms with Crippen LogP contribution >= 0.6 is 11.6 Å². The molecule has 2 rings (SSSR count). The first kappa shape index (κ1) is 10.3. The Hall–Kier alpha value is -1.25. The normalized spacial score (nSPS) is 25.7. The minimum absolute atomic E-state index is 0.159. The average Bonchev–Trinajstić information content (AvgIpc) is 2.23. The van der Waals surface area contributed by atoms with E-state index >= 15 is 0 Å². The Labute approximate surface area is 93.1 Å². The first-order chi connectivity index (χ1) is 7.08. The van der Waals surface area contributed by atoms with Gasteiger partial charge in [0.1, 0.15) is 5.76 Å². The van der Waals surface area contributed by atoms with Crippen molar-refractivity contribution in [3.63, 3.8) is 0 Å². The van der Waals surface area contributed by atoms with Crippen LogP contribution in [0.15, 0.2) is 48.2 Å². The summed E-state index contributed by atoms with van der Waals surface area (Å²) in [5.41, 5.74) is 1.54. The van der Waals surface area contributed by atoms with E-state index in [9.17, 15) is 10.2 Å². The van der Waals surface area contributed by atoms with Crippen LogP contribution in [0.25, 0.3) is 5.57 Å². The molecule has 1 aliphatic carbocycles. The fourth-order valence-electron chi connectivity index (χ4n) is 1.59. The molecule has 0 fully saturated rings. The summed E-state index contributed by atoms with van der Waals surface area (Å²) in [5, 5.41) is 17.9. The monoisotopic (exact) mass is 222 g/mol. The summed E-state index contributed by atoms with van der Waals surface area (Å²) >= 11 is 5.81. The summed E-state index contributed by atoms with van der Waals surface area (Å²) in [6, 6.07) is 9.39. The number of alkyl halides is 1. The molecule has 78 valence electrons. The molecule has 0 aromatic heterocycles. The highest BCUT2D eigenvalue weighted by molar-refractivity contribution is 6.24. The predicted octanol–water partition coefficient (Wildman–Crippen LogP) is 2.84. The summed E-state index contributed by atoms with van der Waals surface area (Å²) in [5.74, 6) is 0.159. The maximum atomic E-state index is 9.68. The van der Waals surface area contributed by atoms with Crippen LogP contribution in [0.1, 0.15) is 12.0 Å². The van der Waals surface area contributed by atoms with Crippen molar-refractivity contribution < 1.29 is 10.2 Å². The highest BCUT2D eigenvalue weighted by Crippen LogP contribution is 2.34. The van der Waals surface area contributed by atoms with Crippen LogP contribution in [0.3, 0.4) is 0 Å². The zero-order valence-electron chi connectivity index (χ0n) is 8.02. The van der Waals surface area contributed by atoms with Crippen molar-refractivity contribution in [2.75, 3.05) is 0 Å². The van der Waals surface area contributed by atoms with E-state index < -0.39 is 5.06 Å². The van der Waals surface area contributed by atoms with Gasteiger partial charge in [0.05, 0.1) is 0 Å². The van der Waals surface area contributed by atoms with Gasteiger partial charge in [-0.1, -0.05) is 41.9 Å². The van der Waals surface area contributed by atoms with Gasteiger partial charge in [-0.15, -0.1) is 0 Å². The minimum Gasteiger partial charge on any atom is -0.508 e. The number of rotatable bonds is 1. The summed E-state index contributed by atoms with van der Waals surface area (Å²) in [7, 11) is 0. The van der Waals surface area contributed by atoms with Gasteiger partial charge in [0, 0.05) is 12.0 Å². The molecule has 0 saturated carbocycles. The number of halogens is 1. The minimum atomic E-state index is -1.39. The molecule has 2 N–H and O–H groups in total. The lowest BCUT2D eigenvalue weighted by Crippen LogP contribution is -2.20. The van der Waals surface area contributed by atoms with Crippen molar-refractivity contribution in [2.45, 2.75) is 11.5 Å². The van der Waals surface area contributed by atoms with Gasteiger partial charge in [-0.25, -0.2) is 0 Å². The van der Waals surface area contributed by atoms with Gasteiger partial charge in [0.15, 0.2) is 5.06 Å². The molecule has 0 amide bonds. The summed E-state index contributed by atoms with van der Waals surface area (Å²) in [6.45, 7) is 0. The van der Waals surface area contributed by atoms with Gasteiger partial charge in [0.25, 0.3) is 0 Å². The van der Waals surface area contributed by atoms with Crippen molar-refractivity contribution in [1.29, 1.82) is 0 Å². The Morgan fingerprint density at radius 3 is 2.53 bits per heavy atom. The molecule has 3 heteroatoms. The molecule has 1 atom stereocenters. The van der Waals surface area contributed by atoms with Crippen LogP contribution in [-0.4, -0.2) is 15.3 Å². The fraction of sp³-hybridized carbons (Fsp3) is 0.167. The van der Waals surface area contributed by atoms with Gasteiger partial charge in [0.2, 0.25) is 0 Å². The molecule has 0 aliphatic heterocycles. The number of hydrogen-bond acceptors (Lipinski definition) is 2. The van der Waals surface area contributed by atoms with Crippen LogP contribution in [0, 0.1) is 0 Å². The summed E-state index contributed by atoms with van der Waals surface area (Å²) < 4.78 is 0. The molecular weight excluding hydrogens is 212 g/mol. The van der Waals surface area contributed by atoms with Crippen LogP contribution in [0.4, 0.5) is 0 Å². The maximum Gasteiger partial charge on any atom is 0.161 e. The highest BCUT2D eigenvalue weighted by Gasteiger charge is 2.27.